The fourth-order valence-electron chi connectivity index (χ4n) is 5.36. The van der Waals surface area contributed by atoms with E-state index >= 15 is 0 Å². The summed E-state index contributed by atoms with van der Waals surface area (Å²) in [6.45, 7) is 5.50. The van der Waals surface area contributed by atoms with Crippen LogP contribution in [0.3, 0.4) is 0 Å². The Kier molecular flexibility index (Phi) is 3.34. The van der Waals surface area contributed by atoms with Gasteiger partial charge in [-0.3, -0.25) is 4.79 Å². The van der Waals surface area contributed by atoms with Gasteiger partial charge in [0.25, 0.3) is 0 Å². The van der Waals surface area contributed by atoms with Crippen LogP contribution in [-0.4, -0.2) is 23.0 Å². The second kappa shape index (κ2) is 4.72. The lowest BCUT2D eigenvalue weighted by Crippen LogP contribution is -2.60. The zero-order valence-corrected chi connectivity index (χ0v) is 13.3. The number of carboxylic acids is 1. The maximum atomic E-state index is 12.3. The molecule has 118 valence electrons. The highest BCUT2D eigenvalue weighted by Crippen LogP contribution is 2.61. The van der Waals surface area contributed by atoms with Gasteiger partial charge in [0.1, 0.15) is 6.04 Å². The number of carbonyl (C=O) groups excluding carboxylic acids is 1. The van der Waals surface area contributed by atoms with Crippen LogP contribution in [0, 0.1) is 28.6 Å². The Bertz CT molecular complexity index is 428. The van der Waals surface area contributed by atoms with E-state index < -0.39 is 17.4 Å². The molecule has 4 aliphatic rings. The summed E-state index contributed by atoms with van der Waals surface area (Å²) in [5.74, 6) is 1.05. The van der Waals surface area contributed by atoms with Crippen molar-refractivity contribution in [3.8, 4) is 0 Å². The van der Waals surface area contributed by atoms with Crippen LogP contribution in [0.4, 0.5) is 0 Å². The second-order valence-electron chi connectivity index (χ2n) is 8.77. The normalized spacial score (nSPS) is 39.1. The van der Waals surface area contributed by atoms with Gasteiger partial charge >= 0.3 is 5.97 Å². The lowest BCUT2D eigenvalue weighted by Gasteiger charge is -2.58. The Hall–Kier alpha value is -1.06. The minimum absolute atomic E-state index is 0.148. The third-order valence-electron chi connectivity index (χ3n) is 5.90. The van der Waals surface area contributed by atoms with Gasteiger partial charge in [0, 0.05) is 10.8 Å². The highest BCUT2D eigenvalue weighted by atomic mass is 16.4. The molecule has 0 aromatic carbocycles. The van der Waals surface area contributed by atoms with Crippen molar-refractivity contribution in [1.29, 1.82) is 0 Å². The molecule has 4 rings (SSSR count). The predicted molar refractivity (Wildman–Crippen MR) is 79.6 cm³/mol. The van der Waals surface area contributed by atoms with Gasteiger partial charge in [0.05, 0.1) is 0 Å². The Morgan fingerprint density at radius 1 is 1.05 bits per heavy atom. The molecule has 4 aliphatic carbocycles. The van der Waals surface area contributed by atoms with Crippen LogP contribution in [0.2, 0.25) is 0 Å². The van der Waals surface area contributed by atoms with E-state index in [9.17, 15) is 14.7 Å². The number of carbonyl (C=O) groups is 2. The van der Waals surface area contributed by atoms with Crippen molar-refractivity contribution < 1.29 is 14.7 Å². The molecule has 4 bridgehead atoms. The van der Waals surface area contributed by atoms with Gasteiger partial charge in [-0.2, -0.15) is 0 Å². The molecule has 0 aromatic rings. The molecule has 4 saturated carbocycles. The summed E-state index contributed by atoms with van der Waals surface area (Å²) in [5.41, 5.74) is -0.739. The fourth-order valence-corrected chi connectivity index (χ4v) is 5.36. The van der Waals surface area contributed by atoms with E-state index in [0.717, 1.165) is 19.3 Å². The summed E-state index contributed by atoms with van der Waals surface area (Å²) in [5, 5.41) is 12.6. The summed E-state index contributed by atoms with van der Waals surface area (Å²) in [4.78, 5) is 24.2. The Labute approximate surface area is 126 Å². The lowest BCUT2D eigenvalue weighted by atomic mass is 9.47. The second-order valence-corrected chi connectivity index (χ2v) is 8.77. The summed E-state index contributed by atoms with van der Waals surface area (Å²) >= 11 is 0. The monoisotopic (exact) mass is 293 g/mol. The number of nitrogens with one attached hydrogen (secondary N) is 1. The molecule has 0 heterocycles. The standard InChI is InChI=1S/C17H27NO3/c1-16(2,3)15(21)18-13(14(19)20)17-7-10-4-11(8-17)6-12(5-10)9-17/h10-13H,4-9H2,1-3H3,(H,18,21)(H,19,20). The third kappa shape index (κ3) is 2.58. The molecular weight excluding hydrogens is 266 g/mol. The maximum absolute atomic E-state index is 12.3. The Morgan fingerprint density at radius 3 is 1.81 bits per heavy atom. The van der Waals surface area contributed by atoms with Gasteiger partial charge in [-0.15, -0.1) is 0 Å². The number of aliphatic carboxylic acids is 1. The fraction of sp³-hybridized carbons (Fsp3) is 0.882. The highest BCUT2D eigenvalue weighted by molar-refractivity contribution is 5.87. The minimum Gasteiger partial charge on any atom is -0.480 e. The molecule has 4 fully saturated rings. The van der Waals surface area contributed by atoms with Gasteiger partial charge in [-0.05, 0) is 56.3 Å². The average Bonchev–Trinajstić information content (AvgIpc) is 2.31. The van der Waals surface area contributed by atoms with Crippen molar-refractivity contribution in [2.75, 3.05) is 0 Å². The quantitative estimate of drug-likeness (QED) is 0.841. The van der Waals surface area contributed by atoms with Crippen molar-refractivity contribution in [2.24, 2.45) is 28.6 Å². The molecule has 4 nitrogen and oxygen atoms in total. The molecule has 0 aliphatic heterocycles. The lowest BCUT2D eigenvalue weighted by molar-refractivity contribution is -0.155. The summed E-state index contributed by atoms with van der Waals surface area (Å²) in [6.07, 6.45) is 6.79. The first-order valence-electron chi connectivity index (χ1n) is 8.23. The molecule has 1 atom stereocenters. The van der Waals surface area contributed by atoms with Crippen LogP contribution in [0.25, 0.3) is 0 Å². The summed E-state index contributed by atoms with van der Waals surface area (Å²) in [6, 6.07) is -0.711. The van der Waals surface area contributed by atoms with Crippen molar-refractivity contribution in [3.63, 3.8) is 0 Å². The zero-order valence-electron chi connectivity index (χ0n) is 13.3. The molecule has 2 N–H and O–H groups in total. The largest absolute Gasteiger partial charge is 0.480 e. The minimum atomic E-state index is -0.852. The average molecular weight is 293 g/mol. The van der Waals surface area contributed by atoms with Crippen LogP contribution >= 0.6 is 0 Å². The topological polar surface area (TPSA) is 66.4 Å². The first-order chi connectivity index (χ1) is 9.69. The molecule has 4 heteroatoms. The van der Waals surface area contributed by atoms with E-state index in [4.69, 9.17) is 0 Å². The molecule has 0 radical (unpaired) electrons. The first kappa shape index (κ1) is 14.9. The zero-order chi connectivity index (χ0) is 15.4. The molecule has 21 heavy (non-hydrogen) atoms. The number of rotatable bonds is 3. The molecule has 0 spiro atoms. The SMILES string of the molecule is CC(C)(C)C(=O)NC(C(=O)O)C12CC3CC(CC(C3)C1)C2. The van der Waals surface area contributed by atoms with E-state index in [2.05, 4.69) is 5.32 Å². The van der Waals surface area contributed by atoms with Crippen LogP contribution < -0.4 is 5.32 Å². The van der Waals surface area contributed by atoms with Gasteiger partial charge in [0.15, 0.2) is 0 Å². The number of carboxylic acid groups (broad SMARTS) is 1. The van der Waals surface area contributed by atoms with E-state index in [0.29, 0.717) is 17.8 Å². The Morgan fingerprint density at radius 2 is 1.48 bits per heavy atom. The van der Waals surface area contributed by atoms with Gasteiger partial charge in [0.2, 0.25) is 5.91 Å². The molecular formula is C17H27NO3. The smallest absolute Gasteiger partial charge is 0.326 e. The summed E-state index contributed by atoms with van der Waals surface area (Å²) in [7, 11) is 0. The van der Waals surface area contributed by atoms with Crippen LogP contribution in [0.1, 0.15) is 59.3 Å². The number of hydrogen-bond donors (Lipinski definition) is 2. The number of hydrogen-bond acceptors (Lipinski definition) is 2. The van der Waals surface area contributed by atoms with Crippen LogP contribution in [-0.2, 0) is 9.59 Å². The third-order valence-corrected chi connectivity index (χ3v) is 5.90. The van der Waals surface area contributed by atoms with Gasteiger partial charge in [-0.25, -0.2) is 4.79 Å². The first-order valence-corrected chi connectivity index (χ1v) is 8.23. The van der Waals surface area contributed by atoms with Gasteiger partial charge < -0.3 is 10.4 Å². The van der Waals surface area contributed by atoms with Crippen LogP contribution in [0.5, 0.6) is 0 Å². The number of amides is 1. The van der Waals surface area contributed by atoms with Crippen molar-refractivity contribution >= 4 is 11.9 Å². The van der Waals surface area contributed by atoms with E-state index in [1.165, 1.54) is 19.3 Å². The highest BCUT2D eigenvalue weighted by Gasteiger charge is 2.56. The maximum Gasteiger partial charge on any atom is 0.326 e. The predicted octanol–water partition coefficient (Wildman–Crippen LogP) is 2.82. The van der Waals surface area contributed by atoms with E-state index in [1.807, 2.05) is 20.8 Å². The van der Waals surface area contributed by atoms with Crippen molar-refractivity contribution in [2.45, 2.75) is 65.3 Å². The Balaban J connectivity index is 1.84. The summed E-state index contributed by atoms with van der Waals surface area (Å²) < 4.78 is 0. The van der Waals surface area contributed by atoms with E-state index in [1.54, 1.807) is 0 Å². The molecule has 1 amide bonds. The molecule has 1 unspecified atom stereocenters. The molecule has 0 aromatic heterocycles. The van der Waals surface area contributed by atoms with Crippen molar-refractivity contribution in [1.82, 2.24) is 5.32 Å². The van der Waals surface area contributed by atoms with Gasteiger partial charge in [-0.1, -0.05) is 20.8 Å². The van der Waals surface area contributed by atoms with Crippen molar-refractivity contribution in [3.05, 3.63) is 0 Å². The molecule has 0 saturated heterocycles. The van der Waals surface area contributed by atoms with E-state index in [-0.39, 0.29) is 11.3 Å². The van der Waals surface area contributed by atoms with Crippen LogP contribution in [0.15, 0.2) is 0 Å².